The first kappa shape index (κ1) is 15.9. The number of nitrogens with one attached hydrogen (secondary N) is 2. The van der Waals surface area contributed by atoms with Crippen molar-refractivity contribution in [2.75, 3.05) is 11.3 Å². The number of benzene rings is 1. The highest BCUT2D eigenvalue weighted by Crippen LogP contribution is 2.24. The van der Waals surface area contributed by atoms with Crippen LogP contribution in [0.15, 0.2) is 29.2 Å². The smallest absolute Gasteiger partial charge is 0.263 e. The first-order valence-electron chi connectivity index (χ1n) is 6.69. The number of aryl methyl sites for hydroxylation is 2. The quantitative estimate of drug-likeness (QED) is 0.856. The van der Waals surface area contributed by atoms with E-state index in [2.05, 4.69) is 15.0 Å². The fourth-order valence-electron chi connectivity index (χ4n) is 1.75. The second-order valence-electron chi connectivity index (χ2n) is 4.69. The van der Waals surface area contributed by atoms with Crippen LogP contribution in [0.3, 0.4) is 0 Å². The van der Waals surface area contributed by atoms with E-state index in [-0.39, 0.29) is 4.90 Å². The molecule has 1 heterocycles. The zero-order chi connectivity index (χ0) is 15.5. The SMILES string of the molecule is CCNCc1ccc(S(=O)(=O)Nc2nc(C)c(C)s2)cc1. The Labute approximate surface area is 129 Å². The number of sulfonamides is 1. The molecule has 0 aliphatic heterocycles. The molecule has 2 rings (SSSR count). The lowest BCUT2D eigenvalue weighted by molar-refractivity contribution is 0.601. The van der Waals surface area contributed by atoms with E-state index in [0.29, 0.717) is 5.13 Å². The number of hydrogen-bond donors (Lipinski definition) is 2. The van der Waals surface area contributed by atoms with E-state index < -0.39 is 10.0 Å². The summed E-state index contributed by atoms with van der Waals surface area (Å²) < 4.78 is 27.1. The van der Waals surface area contributed by atoms with E-state index in [9.17, 15) is 8.42 Å². The number of hydrogen-bond acceptors (Lipinski definition) is 5. The van der Waals surface area contributed by atoms with Crippen LogP contribution >= 0.6 is 11.3 Å². The maximum absolute atomic E-state index is 12.3. The van der Waals surface area contributed by atoms with Crippen molar-refractivity contribution >= 4 is 26.5 Å². The summed E-state index contributed by atoms with van der Waals surface area (Å²) in [4.78, 5) is 5.45. The van der Waals surface area contributed by atoms with Gasteiger partial charge in [0.05, 0.1) is 10.6 Å². The third kappa shape index (κ3) is 4.03. The van der Waals surface area contributed by atoms with Crippen LogP contribution < -0.4 is 10.0 Å². The van der Waals surface area contributed by atoms with Crippen LogP contribution in [0, 0.1) is 13.8 Å². The number of anilines is 1. The molecule has 0 aliphatic rings. The molecule has 2 aromatic rings. The summed E-state index contributed by atoms with van der Waals surface area (Å²) in [5.74, 6) is 0. The van der Waals surface area contributed by atoms with Crippen LogP contribution in [0.25, 0.3) is 0 Å². The second-order valence-corrected chi connectivity index (χ2v) is 7.58. The van der Waals surface area contributed by atoms with E-state index in [4.69, 9.17) is 0 Å². The zero-order valence-corrected chi connectivity index (χ0v) is 13.9. The van der Waals surface area contributed by atoms with Crippen molar-refractivity contribution in [3.63, 3.8) is 0 Å². The van der Waals surface area contributed by atoms with Crippen LogP contribution in [0.1, 0.15) is 23.1 Å². The fourth-order valence-corrected chi connectivity index (χ4v) is 3.80. The molecule has 7 heteroatoms. The molecule has 21 heavy (non-hydrogen) atoms. The van der Waals surface area contributed by atoms with Crippen molar-refractivity contribution in [3.8, 4) is 0 Å². The average molecular weight is 325 g/mol. The van der Waals surface area contributed by atoms with Gasteiger partial charge in [0.1, 0.15) is 0 Å². The monoisotopic (exact) mass is 325 g/mol. The van der Waals surface area contributed by atoms with E-state index in [0.717, 1.165) is 29.2 Å². The Hall–Kier alpha value is -1.44. The summed E-state index contributed by atoms with van der Waals surface area (Å²) >= 11 is 1.34. The van der Waals surface area contributed by atoms with Crippen molar-refractivity contribution in [1.82, 2.24) is 10.3 Å². The molecule has 0 atom stereocenters. The maximum atomic E-state index is 12.3. The molecular weight excluding hydrogens is 306 g/mol. The highest BCUT2D eigenvalue weighted by molar-refractivity contribution is 7.93. The van der Waals surface area contributed by atoms with Crippen molar-refractivity contribution in [2.45, 2.75) is 32.2 Å². The minimum atomic E-state index is -3.58. The van der Waals surface area contributed by atoms with E-state index in [1.165, 1.54) is 11.3 Å². The van der Waals surface area contributed by atoms with Crippen LogP contribution in [0.4, 0.5) is 5.13 Å². The van der Waals surface area contributed by atoms with Crippen molar-refractivity contribution < 1.29 is 8.42 Å². The Morgan fingerprint density at radius 2 is 1.86 bits per heavy atom. The highest BCUT2D eigenvalue weighted by atomic mass is 32.2. The van der Waals surface area contributed by atoms with Gasteiger partial charge in [-0.1, -0.05) is 19.1 Å². The van der Waals surface area contributed by atoms with Gasteiger partial charge < -0.3 is 5.32 Å². The maximum Gasteiger partial charge on any atom is 0.263 e. The normalized spacial score (nSPS) is 11.6. The summed E-state index contributed by atoms with van der Waals surface area (Å²) in [6.07, 6.45) is 0. The molecular formula is C14H19N3O2S2. The van der Waals surface area contributed by atoms with Gasteiger partial charge in [-0.25, -0.2) is 13.4 Å². The van der Waals surface area contributed by atoms with Crippen molar-refractivity contribution in [3.05, 3.63) is 40.4 Å². The lowest BCUT2D eigenvalue weighted by atomic mass is 10.2. The number of aromatic nitrogens is 1. The summed E-state index contributed by atoms with van der Waals surface area (Å²) in [5.41, 5.74) is 1.90. The topological polar surface area (TPSA) is 71.1 Å². The number of rotatable bonds is 6. The van der Waals surface area contributed by atoms with Crippen LogP contribution in [0.2, 0.25) is 0 Å². The molecule has 0 amide bonds. The summed E-state index contributed by atoms with van der Waals surface area (Å²) in [5, 5.41) is 3.60. The van der Waals surface area contributed by atoms with Crippen LogP contribution in [-0.4, -0.2) is 19.9 Å². The van der Waals surface area contributed by atoms with E-state index >= 15 is 0 Å². The van der Waals surface area contributed by atoms with Gasteiger partial charge >= 0.3 is 0 Å². The van der Waals surface area contributed by atoms with Gasteiger partial charge in [0.2, 0.25) is 0 Å². The molecule has 0 bridgehead atoms. The lowest BCUT2D eigenvalue weighted by Gasteiger charge is -2.07. The van der Waals surface area contributed by atoms with E-state index in [1.54, 1.807) is 12.1 Å². The molecule has 0 spiro atoms. The molecule has 0 aliphatic carbocycles. The zero-order valence-electron chi connectivity index (χ0n) is 12.3. The Morgan fingerprint density at radius 1 is 1.19 bits per heavy atom. The lowest BCUT2D eigenvalue weighted by Crippen LogP contribution is -2.14. The van der Waals surface area contributed by atoms with Gasteiger partial charge in [0.25, 0.3) is 10.0 Å². The van der Waals surface area contributed by atoms with Gasteiger partial charge in [0, 0.05) is 11.4 Å². The Kier molecular flexibility index (Phi) is 4.97. The second kappa shape index (κ2) is 6.55. The first-order valence-corrected chi connectivity index (χ1v) is 8.99. The predicted octanol–water partition coefficient (Wildman–Crippen LogP) is 2.67. The van der Waals surface area contributed by atoms with Crippen LogP contribution in [0.5, 0.6) is 0 Å². The molecule has 0 unspecified atom stereocenters. The average Bonchev–Trinajstić information content (AvgIpc) is 2.74. The molecule has 114 valence electrons. The summed E-state index contributed by atoms with van der Waals surface area (Å²) in [6, 6.07) is 6.86. The van der Waals surface area contributed by atoms with Crippen molar-refractivity contribution in [1.29, 1.82) is 0 Å². The standard InChI is InChI=1S/C14H19N3O2S2/c1-4-15-9-12-5-7-13(8-6-12)21(18,19)17-14-16-10(2)11(3)20-14/h5-8,15H,4,9H2,1-3H3,(H,16,17). The summed E-state index contributed by atoms with van der Waals surface area (Å²) in [6.45, 7) is 7.42. The number of thiazole rings is 1. The molecule has 1 aromatic carbocycles. The third-order valence-corrected chi connectivity index (χ3v) is 5.54. The molecule has 2 N–H and O–H groups in total. The molecule has 5 nitrogen and oxygen atoms in total. The Morgan fingerprint density at radius 3 is 2.38 bits per heavy atom. The summed E-state index contributed by atoms with van der Waals surface area (Å²) in [7, 11) is -3.58. The minimum Gasteiger partial charge on any atom is -0.313 e. The van der Waals surface area contributed by atoms with Gasteiger partial charge in [0.15, 0.2) is 5.13 Å². The number of nitrogens with zero attached hydrogens (tertiary/aromatic N) is 1. The molecule has 0 fully saturated rings. The van der Waals surface area contributed by atoms with Gasteiger partial charge in [-0.2, -0.15) is 0 Å². The molecule has 0 saturated carbocycles. The molecule has 0 radical (unpaired) electrons. The third-order valence-electron chi connectivity index (χ3n) is 3.06. The predicted molar refractivity (Wildman–Crippen MR) is 86.2 cm³/mol. The van der Waals surface area contributed by atoms with Crippen LogP contribution in [-0.2, 0) is 16.6 Å². The Balaban J connectivity index is 2.15. The van der Waals surface area contributed by atoms with Gasteiger partial charge in [-0.05, 0) is 38.1 Å². The van der Waals surface area contributed by atoms with Gasteiger partial charge in [-0.15, -0.1) is 11.3 Å². The minimum absolute atomic E-state index is 0.244. The largest absolute Gasteiger partial charge is 0.313 e. The van der Waals surface area contributed by atoms with Crippen molar-refractivity contribution in [2.24, 2.45) is 0 Å². The molecule has 0 saturated heterocycles. The first-order chi connectivity index (χ1) is 9.92. The van der Waals surface area contributed by atoms with Gasteiger partial charge in [-0.3, -0.25) is 4.72 Å². The Bertz CT molecular complexity index is 687. The highest BCUT2D eigenvalue weighted by Gasteiger charge is 2.16. The molecule has 1 aromatic heterocycles. The fraction of sp³-hybridized carbons (Fsp3) is 0.357. The van der Waals surface area contributed by atoms with E-state index in [1.807, 2.05) is 32.9 Å².